The van der Waals surface area contributed by atoms with Crippen molar-refractivity contribution in [2.45, 2.75) is 19.5 Å². The number of nitrogens with zero attached hydrogens (tertiary/aromatic N) is 2. The third-order valence-electron chi connectivity index (χ3n) is 5.39. The average molecular weight is 470 g/mol. The summed E-state index contributed by atoms with van der Waals surface area (Å²) in [5, 5.41) is 1.87. The molecule has 2 N–H and O–H groups in total. The molecule has 0 saturated carbocycles. The molecule has 0 spiro atoms. The van der Waals surface area contributed by atoms with E-state index in [2.05, 4.69) is 49.1 Å². The highest BCUT2D eigenvalue weighted by Gasteiger charge is 2.22. The minimum absolute atomic E-state index is 0.0457. The Morgan fingerprint density at radius 3 is 2.83 bits per heavy atom. The summed E-state index contributed by atoms with van der Waals surface area (Å²) in [6.45, 7) is 2.29. The fourth-order valence-electron chi connectivity index (χ4n) is 3.90. The van der Waals surface area contributed by atoms with E-state index in [0.29, 0.717) is 23.8 Å². The van der Waals surface area contributed by atoms with Crippen LogP contribution in [0.5, 0.6) is 0 Å². The van der Waals surface area contributed by atoms with Gasteiger partial charge in [0.25, 0.3) is 5.56 Å². The van der Waals surface area contributed by atoms with Crippen molar-refractivity contribution in [2.24, 2.45) is 0 Å². The number of aromatic nitrogens is 3. The van der Waals surface area contributed by atoms with Crippen LogP contribution in [0.15, 0.2) is 57.9 Å². The SMILES string of the molecule is O=c1[nH]c(-c2ccc(Cl)cc2)nc2c1CCN(Cc1c[nH]c3ccc(Br)cc13)C2. The van der Waals surface area contributed by atoms with Gasteiger partial charge < -0.3 is 9.97 Å². The quantitative estimate of drug-likeness (QED) is 0.449. The van der Waals surface area contributed by atoms with Crippen LogP contribution in [-0.2, 0) is 19.5 Å². The molecule has 0 amide bonds. The van der Waals surface area contributed by atoms with Crippen LogP contribution in [0.25, 0.3) is 22.3 Å². The number of nitrogens with one attached hydrogen (secondary N) is 2. The first-order chi connectivity index (χ1) is 14.1. The number of H-pyrrole nitrogens is 2. The van der Waals surface area contributed by atoms with Crippen LogP contribution >= 0.6 is 27.5 Å². The first-order valence-corrected chi connectivity index (χ1v) is 10.6. The summed E-state index contributed by atoms with van der Waals surface area (Å²) in [5.74, 6) is 0.586. The van der Waals surface area contributed by atoms with E-state index in [0.717, 1.165) is 39.9 Å². The van der Waals surface area contributed by atoms with E-state index in [1.807, 2.05) is 18.2 Å². The smallest absolute Gasteiger partial charge is 0.254 e. The second-order valence-electron chi connectivity index (χ2n) is 7.31. The molecule has 5 rings (SSSR count). The van der Waals surface area contributed by atoms with Crippen molar-refractivity contribution in [3.63, 3.8) is 0 Å². The van der Waals surface area contributed by atoms with E-state index in [1.165, 1.54) is 10.9 Å². The highest BCUT2D eigenvalue weighted by atomic mass is 79.9. The number of aromatic amines is 2. The number of hydrogen-bond donors (Lipinski definition) is 2. The molecule has 0 bridgehead atoms. The molecule has 0 saturated heterocycles. The molecule has 3 heterocycles. The third-order valence-corrected chi connectivity index (χ3v) is 6.14. The van der Waals surface area contributed by atoms with Gasteiger partial charge >= 0.3 is 0 Å². The largest absolute Gasteiger partial charge is 0.361 e. The van der Waals surface area contributed by atoms with E-state index < -0.39 is 0 Å². The Labute approximate surface area is 180 Å². The molecule has 2 aromatic heterocycles. The maximum absolute atomic E-state index is 12.6. The van der Waals surface area contributed by atoms with Crippen LogP contribution in [0.2, 0.25) is 5.02 Å². The van der Waals surface area contributed by atoms with Gasteiger partial charge in [-0.3, -0.25) is 9.69 Å². The van der Waals surface area contributed by atoms with Crippen LogP contribution in [0, 0.1) is 0 Å². The minimum atomic E-state index is -0.0457. The summed E-state index contributed by atoms with van der Waals surface area (Å²) in [7, 11) is 0. The lowest BCUT2D eigenvalue weighted by Gasteiger charge is -2.27. The molecule has 1 aliphatic heterocycles. The fraction of sp³-hybridized carbons (Fsp3) is 0.182. The molecule has 7 heteroatoms. The highest BCUT2D eigenvalue weighted by Crippen LogP contribution is 2.26. The summed E-state index contributed by atoms with van der Waals surface area (Å²) in [4.78, 5) is 26.0. The van der Waals surface area contributed by atoms with Crippen LogP contribution in [0.1, 0.15) is 16.8 Å². The molecule has 0 aliphatic carbocycles. The Balaban J connectivity index is 1.44. The standard InChI is InChI=1S/C22H18BrClN4O/c23-15-3-6-19-18(9-15)14(10-25-19)11-28-8-7-17-20(12-28)26-21(27-22(17)29)13-1-4-16(24)5-2-13/h1-6,9-10,25H,7-8,11-12H2,(H,26,27,29). The zero-order chi connectivity index (χ0) is 20.0. The van der Waals surface area contributed by atoms with Crippen molar-refractivity contribution in [2.75, 3.05) is 6.54 Å². The second kappa shape index (κ2) is 7.44. The van der Waals surface area contributed by atoms with E-state index in [9.17, 15) is 4.79 Å². The zero-order valence-electron chi connectivity index (χ0n) is 15.5. The molecule has 0 radical (unpaired) electrons. The van der Waals surface area contributed by atoms with Gasteiger partial charge in [0.05, 0.1) is 5.69 Å². The average Bonchev–Trinajstić information content (AvgIpc) is 3.10. The van der Waals surface area contributed by atoms with Crippen LogP contribution in [0.3, 0.4) is 0 Å². The number of rotatable bonds is 3. The molecular formula is C22H18BrClN4O. The summed E-state index contributed by atoms with van der Waals surface area (Å²) in [6, 6.07) is 13.6. The number of benzene rings is 2. The van der Waals surface area contributed by atoms with Gasteiger partial charge in [-0.15, -0.1) is 0 Å². The first kappa shape index (κ1) is 18.6. The van der Waals surface area contributed by atoms with Crippen molar-refractivity contribution in [3.05, 3.63) is 85.3 Å². The van der Waals surface area contributed by atoms with Crippen molar-refractivity contribution < 1.29 is 0 Å². The lowest BCUT2D eigenvalue weighted by molar-refractivity contribution is 0.241. The molecule has 1 aliphatic rings. The summed E-state index contributed by atoms with van der Waals surface area (Å²) < 4.78 is 1.07. The van der Waals surface area contributed by atoms with Gasteiger partial charge in [0.1, 0.15) is 5.82 Å². The lowest BCUT2D eigenvalue weighted by atomic mass is 10.0. The minimum Gasteiger partial charge on any atom is -0.361 e. The molecule has 0 unspecified atom stereocenters. The lowest BCUT2D eigenvalue weighted by Crippen LogP contribution is -2.35. The molecule has 2 aromatic carbocycles. The fourth-order valence-corrected chi connectivity index (χ4v) is 4.38. The molecule has 4 aromatic rings. The molecule has 29 heavy (non-hydrogen) atoms. The normalized spacial score (nSPS) is 14.3. The molecule has 146 valence electrons. The van der Waals surface area contributed by atoms with E-state index in [1.54, 1.807) is 12.1 Å². The maximum Gasteiger partial charge on any atom is 0.254 e. The molecular weight excluding hydrogens is 452 g/mol. The summed E-state index contributed by atoms with van der Waals surface area (Å²) in [5.41, 5.74) is 4.82. The predicted octanol–water partition coefficient (Wildman–Crippen LogP) is 4.89. The van der Waals surface area contributed by atoms with Crippen LogP contribution in [0.4, 0.5) is 0 Å². The van der Waals surface area contributed by atoms with Crippen molar-refractivity contribution in [1.29, 1.82) is 0 Å². The van der Waals surface area contributed by atoms with Gasteiger partial charge in [-0.1, -0.05) is 27.5 Å². The van der Waals surface area contributed by atoms with Crippen molar-refractivity contribution in [1.82, 2.24) is 19.9 Å². The van der Waals surface area contributed by atoms with Gasteiger partial charge in [-0.05, 0) is 54.4 Å². The molecule has 0 atom stereocenters. The van der Waals surface area contributed by atoms with Gasteiger partial charge in [-0.2, -0.15) is 0 Å². The second-order valence-corrected chi connectivity index (χ2v) is 8.66. The van der Waals surface area contributed by atoms with E-state index in [4.69, 9.17) is 16.6 Å². The highest BCUT2D eigenvalue weighted by molar-refractivity contribution is 9.10. The van der Waals surface area contributed by atoms with Gasteiger partial charge in [-0.25, -0.2) is 4.98 Å². The Kier molecular flexibility index (Phi) is 4.78. The van der Waals surface area contributed by atoms with Gasteiger partial charge in [0, 0.05) is 57.4 Å². The van der Waals surface area contributed by atoms with Crippen LogP contribution < -0.4 is 5.56 Å². The molecule has 0 fully saturated rings. The Bertz CT molecular complexity index is 1260. The zero-order valence-corrected chi connectivity index (χ0v) is 17.8. The number of fused-ring (bicyclic) bond motifs is 2. The van der Waals surface area contributed by atoms with Gasteiger partial charge in [0.2, 0.25) is 0 Å². The summed E-state index contributed by atoms with van der Waals surface area (Å²) >= 11 is 9.54. The van der Waals surface area contributed by atoms with E-state index >= 15 is 0 Å². The van der Waals surface area contributed by atoms with E-state index in [-0.39, 0.29) is 5.56 Å². The Morgan fingerprint density at radius 2 is 2.00 bits per heavy atom. The first-order valence-electron chi connectivity index (χ1n) is 9.43. The number of halogens is 2. The maximum atomic E-state index is 12.6. The molecule has 5 nitrogen and oxygen atoms in total. The summed E-state index contributed by atoms with van der Waals surface area (Å²) in [6.07, 6.45) is 2.77. The Morgan fingerprint density at radius 1 is 1.17 bits per heavy atom. The topological polar surface area (TPSA) is 64.8 Å². The van der Waals surface area contributed by atoms with Gasteiger partial charge in [0.15, 0.2) is 0 Å². The monoisotopic (exact) mass is 468 g/mol. The predicted molar refractivity (Wildman–Crippen MR) is 119 cm³/mol. The van der Waals surface area contributed by atoms with Crippen molar-refractivity contribution in [3.8, 4) is 11.4 Å². The number of hydrogen-bond acceptors (Lipinski definition) is 3. The van der Waals surface area contributed by atoms with Crippen LogP contribution in [-0.4, -0.2) is 26.4 Å². The Hall–Kier alpha value is -2.41. The van der Waals surface area contributed by atoms with Crippen molar-refractivity contribution >= 4 is 38.4 Å². The third kappa shape index (κ3) is 3.64.